The van der Waals surface area contributed by atoms with Crippen molar-refractivity contribution in [2.75, 3.05) is 5.32 Å². The van der Waals surface area contributed by atoms with Crippen molar-refractivity contribution in [3.05, 3.63) is 58.6 Å². The number of carboxylic acids is 1. The number of rotatable bonds is 4. The fourth-order valence-electron chi connectivity index (χ4n) is 1.88. The largest absolute Gasteiger partial charge is 0.508 e. The standard InChI is InChI=1S/C15H14BrNO3/c1-15(14(19)20,10-6-8-11(18)9-7-10)17-13-5-3-2-4-12(13)16/h2-9,17-18H,1H3,(H,19,20). The maximum atomic E-state index is 11.7. The number of aliphatic carboxylic acids is 1. The molecule has 0 fully saturated rings. The van der Waals surface area contributed by atoms with E-state index in [2.05, 4.69) is 21.2 Å². The van der Waals surface area contributed by atoms with Crippen LogP contribution >= 0.6 is 15.9 Å². The molecule has 0 heterocycles. The molecule has 1 unspecified atom stereocenters. The van der Waals surface area contributed by atoms with Gasteiger partial charge in [0.1, 0.15) is 5.75 Å². The maximum absolute atomic E-state index is 11.7. The third-order valence-electron chi connectivity index (χ3n) is 3.13. The Labute approximate surface area is 125 Å². The number of halogens is 1. The van der Waals surface area contributed by atoms with Gasteiger partial charge in [-0.05, 0) is 52.7 Å². The van der Waals surface area contributed by atoms with Crippen LogP contribution in [0.3, 0.4) is 0 Å². The summed E-state index contributed by atoms with van der Waals surface area (Å²) in [5, 5.41) is 21.9. The van der Waals surface area contributed by atoms with E-state index in [1.807, 2.05) is 18.2 Å². The van der Waals surface area contributed by atoms with Gasteiger partial charge in [-0.3, -0.25) is 0 Å². The second-order valence-corrected chi connectivity index (χ2v) is 5.44. The van der Waals surface area contributed by atoms with Crippen molar-refractivity contribution < 1.29 is 15.0 Å². The average Bonchev–Trinajstić information content (AvgIpc) is 2.42. The molecule has 2 rings (SSSR count). The van der Waals surface area contributed by atoms with Crippen LogP contribution in [-0.4, -0.2) is 16.2 Å². The van der Waals surface area contributed by atoms with Crippen LogP contribution in [0.1, 0.15) is 12.5 Å². The van der Waals surface area contributed by atoms with E-state index >= 15 is 0 Å². The zero-order chi connectivity index (χ0) is 14.8. The van der Waals surface area contributed by atoms with E-state index in [-0.39, 0.29) is 5.75 Å². The number of para-hydroxylation sites is 1. The van der Waals surface area contributed by atoms with Gasteiger partial charge in [0.25, 0.3) is 0 Å². The molecule has 4 nitrogen and oxygen atoms in total. The third-order valence-corrected chi connectivity index (χ3v) is 3.82. The minimum Gasteiger partial charge on any atom is -0.508 e. The molecule has 1 atom stereocenters. The van der Waals surface area contributed by atoms with Gasteiger partial charge in [0.05, 0.1) is 0 Å². The first-order valence-corrected chi connectivity index (χ1v) is 6.78. The van der Waals surface area contributed by atoms with E-state index in [1.54, 1.807) is 25.1 Å². The van der Waals surface area contributed by atoms with Gasteiger partial charge in [0, 0.05) is 10.2 Å². The highest BCUT2D eigenvalue weighted by atomic mass is 79.9. The van der Waals surface area contributed by atoms with Crippen molar-refractivity contribution in [3.8, 4) is 5.75 Å². The lowest BCUT2D eigenvalue weighted by atomic mass is 9.91. The van der Waals surface area contributed by atoms with Crippen LogP contribution in [0.15, 0.2) is 53.0 Å². The number of carboxylic acid groups (broad SMARTS) is 1. The molecule has 104 valence electrons. The molecule has 0 saturated heterocycles. The average molecular weight is 336 g/mol. The second kappa shape index (κ2) is 5.54. The van der Waals surface area contributed by atoms with Gasteiger partial charge < -0.3 is 15.5 Å². The van der Waals surface area contributed by atoms with Crippen LogP contribution < -0.4 is 5.32 Å². The Morgan fingerprint density at radius 2 is 1.75 bits per heavy atom. The smallest absolute Gasteiger partial charge is 0.333 e. The topological polar surface area (TPSA) is 69.6 Å². The number of hydrogen-bond donors (Lipinski definition) is 3. The molecule has 0 aliphatic rings. The maximum Gasteiger partial charge on any atom is 0.333 e. The fourth-order valence-corrected chi connectivity index (χ4v) is 2.26. The van der Waals surface area contributed by atoms with Crippen LogP contribution in [0.4, 0.5) is 5.69 Å². The lowest BCUT2D eigenvalue weighted by Crippen LogP contribution is -2.40. The summed E-state index contributed by atoms with van der Waals surface area (Å²) in [7, 11) is 0. The molecule has 0 bridgehead atoms. The Bertz CT molecular complexity index is 627. The van der Waals surface area contributed by atoms with Crippen molar-refractivity contribution in [3.63, 3.8) is 0 Å². The Morgan fingerprint density at radius 3 is 2.30 bits per heavy atom. The Balaban J connectivity index is 2.43. The van der Waals surface area contributed by atoms with Crippen LogP contribution in [0.2, 0.25) is 0 Å². The Hall–Kier alpha value is -2.01. The summed E-state index contributed by atoms with van der Waals surface area (Å²) in [6.07, 6.45) is 0. The van der Waals surface area contributed by atoms with Crippen LogP contribution in [0.5, 0.6) is 5.75 Å². The number of benzene rings is 2. The molecule has 0 aromatic heterocycles. The van der Waals surface area contributed by atoms with Crippen LogP contribution in [0, 0.1) is 0 Å². The molecule has 5 heteroatoms. The van der Waals surface area contributed by atoms with Crippen molar-refractivity contribution >= 4 is 27.6 Å². The summed E-state index contributed by atoms with van der Waals surface area (Å²) in [6, 6.07) is 13.4. The van der Waals surface area contributed by atoms with Gasteiger partial charge in [-0.25, -0.2) is 4.79 Å². The summed E-state index contributed by atoms with van der Waals surface area (Å²) in [4.78, 5) is 11.7. The first-order chi connectivity index (χ1) is 9.43. The molecule has 0 saturated carbocycles. The van der Waals surface area contributed by atoms with E-state index in [1.165, 1.54) is 12.1 Å². The summed E-state index contributed by atoms with van der Waals surface area (Å²) in [5.74, 6) is -0.902. The number of nitrogens with one attached hydrogen (secondary N) is 1. The normalized spacial score (nSPS) is 13.5. The van der Waals surface area contributed by atoms with Gasteiger partial charge in [0.15, 0.2) is 5.54 Å². The second-order valence-electron chi connectivity index (χ2n) is 4.58. The molecule has 0 aliphatic heterocycles. The molecular weight excluding hydrogens is 322 g/mol. The molecular formula is C15H14BrNO3. The highest BCUT2D eigenvalue weighted by molar-refractivity contribution is 9.10. The summed E-state index contributed by atoms with van der Waals surface area (Å²) >= 11 is 3.39. The van der Waals surface area contributed by atoms with Crippen molar-refractivity contribution in [1.82, 2.24) is 0 Å². The first-order valence-electron chi connectivity index (χ1n) is 5.99. The first kappa shape index (κ1) is 14.4. The number of hydrogen-bond acceptors (Lipinski definition) is 3. The molecule has 0 radical (unpaired) electrons. The van der Waals surface area contributed by atoms with Crippen LogP contribution in [0.25, 0.3) is 0 Å². The van der Waals surface area contributed by atoms with E-state index in [0.717, 1.165) is 4.47 Å². The SMILES string of the molecule is CC(Nc1ccccc1Br)(C(=O)O)c1ccc(O)cc1. The van der Waals surface area contributed by atoms with Gasteiger partial charge in [-0.2, -0.15) is 0 Å². The van der Waals surface area contributed by atoms with Gasteiger partial charge in [-0.1, -0.05) is 24.3 Å². The van der Waals surface area contributed by atoms with Gasteiger partial charge >= 0.3 is 5.97 Å². The molecule has 2 aromatic carbocycles. The highest BCUT2D eigenvalue weighted by Crippen LogP contribution is 2.31. The van der Waals surface area contributed by atoms with Crippen molar-refractivity contribution in [2.24, 2.45) is 0 Å². The Kier molecular flexibility index (Phi) is 3.99. The molecule has 20 heavy (non-hydrogen) atoms. The lowest BCUT2D eigenvalue weighted by molar-refractivity contribution is -0.142. The minimum absolute atomic E-state index is 0.0994. The van der Waals surface area contributed by atoms with Crippen molar-refractivity contribution in [1.29, 1.82) is 0 Å². The summed E-state index contributed by atoms with van der Waals surface area (Å²) in [6.45, 7) is 1.58. The molecule has 0 spiro atoms. The monoisotopic (exact) mass is 335 g/mol. The number of phenolic OH excluding ortho intramolecular Hbond substituents is 1. The quantitative estimate of drug-likeness (QED) is 0.798. The van der Waals surface area contributed by atoms with Crippen molar-refractivity contribution in [2.45, 2.75) is 12.5 Å². The van der Waals surface area contributed by atoms with E-state index in [0.29, 0.717) is 11.3 Å². The fraction of sp³-hybridized carbons (Fsp3) is 0.133. The lowest BCUT2D eigenvalue weighted by Gasteiger charge is -2.28. The van der Waals surface area contributed by atoms with E-state index in [9.17, 15) is 15.0 Å². The molecule has 0 amide bonds. The highest BCUT2D eigenvalue weighted by Gasteiger charge is 2.35. The Morgan fingerprint density at radius 1 is 1.15 bits per heavy atom. The zero-order valence-corrected chi connectivity index (χ0v) is 12.4. The number of anilines is 1. The third kappa shape index (κ3) is 2.77. The van der Waals surface area contributed by atoms with Crippen LogP contribution in [-0.2, 0) is 10.3 Å². The minimum atomic E-state index is -1.29. The number of carbonyl (C=O) groups is 1. The van der Waals surface area contributed by atoms with Gasteiger partial charge in [-0.15, -0.1) is 0 Å². The summed E-state index contributed by atoms with van der Waals surface area (Å²) in [5.41, 5.74) is -0.0542. The van der Waals surface area contributed by atoms with E-state index < -0.39 is 11.5 Å². The molecule has 0 aliphatic carbocycles. The van der Waals surface area contributed by atoms with E-state index in [4.69, 9.17) is 0 Å². The predicted octanol–water partition coefficient (Wildman–Crippen LogP) is 3.57. The number of aromatic hydroxyl groups is 1. The molecule has 2 aromatic rings. The zero-order valence-electron chi connectivity index (χ0n) is 10.8. The molecule has 3 N–H and O–H groups in total. The van der Waals surface area contributed by atoms with Gasteiger partial charge in [0.2, 0.25) is 0 Å². The predicted molar refractivity (Wildman–Crippen MR) is 80.9 cm³/mol. The summed E-state index contributed by atoms with van der Waals surface area (Å²) < 4.78 is 0.784. The number of phenols is 1.